The second-order valence-corrected chi connectivity index (χ2v) is 4.94. The first-order valence-corrected chi connectivity index (χ1v) is 6.81. The Morgan fingerprint density at radius 3 is 2.30 bits per heavy atom. The number of hydrogen-bond donors (Lipinski definition) is 1. The molecule has 20 heavy (non-hydrogen) atoms. The Labute approximate surface area is 118 Å². The van der Waals surface area contributed by atoms with Crippen LogP contribution in [0.15, 0.2) is 0 Å². The molecule has 0 aliphatic heterocycles. The van der Waals surface area contributed by atoms with Crippen molar-refractivity contribution in [2.45, 2.75) is 45.3 Å². The molecule has 1 N–H and O–H groups in total. The average Bonchev–Trinajstić information content (AvgIpc) is 2.35. The lowest BCUT2D eigenvalue weighted by atomic mass is 9.95. The number of ether oxygens (including phenoxy) is 1. The standard InChI is InChI=1S/C13H25F3N2O2/c1-5-17-12(3,11(19)20-4)8-7-9-18(6-2)10-13(14,15)16/h17H,5-10H2,1-4H3. The largest absolute Gasteiger partial charge is 0.468 e. The van der Waals surface area contributed by atoms with Gasteiger partial charge in [-0.1, -0.05) is 13.8 Å². The van der Waals surface area contributed by atoms with Crippen LogP contribution in [0.3, 0.4) is 0 Å². The molecule has 0 saturated carbocycles. The van der Waals surface area contributed by atoms with Crippen LogP contribution in [0.4, 0.5) is 13.2 Å². The van der Waals surface area contributed by atoms with Crippen LogP contribution in [0.5, 0.6) is 0 Å². The average molecular weight is 298 g/mol. The van der Waals surface area contributed by atoms with Gasteiger partial charge in [-0.3, -0.25) is 9.69 Å². The lowest BCUT2D eigenvalue weighted by Crippen LogP contribution is -2.50. The van der Waals surface area contributed by atoms with Crippen LogP contribution in [-0.2, 0) is 9.53 Å². The fraction of sp³-hybridized carbons (Fsp3) is 0.923. The Morgan fingerprint density at radius 1 is 1.30 bits per heavy atom. The molecule has 1 unspecified atom stereocenters. The third-order valence-electron chi connectivity index (χ3n) is 3.20. The van der Waals surface area contributed by atoms with E-state index in [1.807, 2.05) is 6.92 Å². The molecule has 0 aromatic heterocycles. The monoisotopic (exact) mass is 298 g/mol. The fourth-order valence-electron chi connectivity index (χ4n) is 2.14. The zero-order valence-electron chi connectivity index (χ0n) is 12.6. The van der Waals surface area contributed by atoms with E-state index in [2.05, 4.69) is 5.32 Å². The maximum absolute atomic E-state index is 12.3. The summed E-state index contributed by atoms with van der Waals surface area (Å²) in [6.45, 7) is 5.57. The summed E-state index contributed by atoms with van der Waals surface area (Å²) in [4.78, 5) is 13.0. The van der Waals surface area contributed by atoms with Crippen LogP contribution in [-0.4, -0.2) is 55.9 Å². The Balaban J connectivity index is 4.38. The van der Waals surface area contributed by atoms with Crippen LogP contribution in [0, 0.1) is 0 Å². The van der Waals surface area contributed by atoms with Crippen molar-refractivity contribution < 1.29 is 22.7 Å². The number of carbonyl (C=O) groups excluding carboxylic acids is 1. The van der Waals surface area contributed by atoms with Crippen molar-refractivity contribution in [3.63, 3.8) is 0 Å². The third kappa shape index (κ3) is 7.09. The Bertz CT molecular complexity index is 298. The quantitative estimate of drug-likeness (QED) is 0.663. The molecule has 0 spiro atoms. The first-order chi connectivity index (χ1) is 9.18. The normalized spacial score (nSPS) is 15.2. The van der Waals surface area contributed by atoms with Gasteiger partial charge in [-0.25, -0.2) is 0 Å². The summed E-state index contributed by atoms with van der Waals surface area (Å²) in [5.74, 6) is -0.391. The Hall–Kier alpha value is -0.820. The van der Waals surface area contributed by atoms with Gasteiger partial charge in [0.1, 0.15) is 5.54 Å². The van der Waals surface area contributed by atoms with Crippen LogP contribution in [0.2, 0.25) is 0 Å². The van der Waals surface area contributed by atoms with Gasteiger partial charge in [0.25, 0.3) is 0 Å². The second-order valence-electron chi connectivity index (χ2n) is 4.94. The minimum absolute atomic E-state index is 0.300. The molecule has 4 nitrogen and oxygen atoms in total. The van der Waals surface area contributed by atoms with Gasteiger partial charge in [-0.15, -0.1) is 0 Å². The molecular formula is C13H25F3N2O2. The van der Waals surface area contributed by atoms with Gasteiger partial charge >= 0.3 is 12.1 Å². The van der Waals surface area contributed by atoms with E-state index in [1.54, 1.807) is 13.8 Å². The summed E-state index contributed by atoms with van der Waals surface area (Å²) in [6.07, 6.45) is -3.27. The van der Waals surface area contributed by atoms with E-state index < -0.39 is 24.2 Å². The van der Waals surface area contributed by atoms with Gasteiger partial charge in [0.15, 0.2) is 0 Å². The smallest absolute Gasteiger partial charge is 0.401 e. The van der Waals surface area contributed by atoms with Crippen molar-refractivity contribution in [3.8, 4) is 0 Å². The molecule has 0 heterocycles. The molecule has 1 atom stereocenters. The third-order valence-corrected chi connectivity index (χ3v) is 3.20. The highest BCUT2D eigenvalue weighted by Gasteiger charge is 2.34. The van der Waals surface area contributed by atoms with Gasteiger partial charge < -0.3 is 10.1 Å². The van der Waals surface area contributed by atoms with Crippen molar-refractivity contribution >= 4 is 5.97 Å². The first-order valence-electron chi connectivity index (χ1n) is 6.81. The van der Waals surface area contributed by atoms with Gasteiger partial charge in [0.05, 0.1) is 13.7 Å². The van der Waals surface area contributed by atoms with Crippen molar-refractivity contribution in [2.75, 3.05) is 33.3 Å². The van der Waals surface area contributed by atoms with Gasteiger partial charge in [-0.2, -0.15) is 13.2 Å². The zero-order valence-corrected chi connectivity index (χ0v) is 12.6. The highest BCUT2D eigenvalue weighted by atomic mass is 19.4. The summed E-state index contributed by atoms with van der Waals surface area (Å²) in [5.41, 5.74) is -0.846. The summed E-state index contributed by atoms with van der Waals surface area (Å²) in [5, 5.41) is 3.03. The Kier molecular flexibility index (Phi) is 8.12. The van der Waals surface area contributed by atoms with E-state index in [-0.39, 0.29) is 0 Å². The van der Waals surface area contributed by atoms with Crippen LogP contribution in [0.25, 0.3) is 0 Å². The van der Waals surface area contributed by atoms with Crippen molar-refractivity contribution in [1.82, 2.24) is 10.2 Å². The van der Waals surface area contributed by atoms with E-state index >= 15 is 0 Å². The summed E-state index contributed by atoms with van der Waals surface area (Å²) in [6, 6.07) is 0. The maximum Gasteiger partial charge on any atom is 0.401 e. The molecule has 0 bridgehead atoms. The molecule has 0 aliphatic carbocycles. The van der Waals surface area contributed by atoms with Gasteiger partial charge in [0.2, 0.25) is 0 Å². The second kappa shape index (κ2) is 8.46. The highest BCUT2D eigenvalue weighted by Crippen LogP contribution is 2.18. The zero-order chi connectivity index (χ0) is 15.8. The number of rotatable bonds is 9. The molecule has 0 amide bonds. The first kappa shape index (κ1) is 19.2. The number of methoxy groups -OCH3 is 1. The molecule has 0 aliphatic rings. The van der Waals surface area contributed by atoms with Crippen molar-refractivity contribution in [1.29, 1.82) is 0 Å². The predicted molar refractivity (Wildman–Crippen MR) is 71.5 cm³/mol. The predicted octanol–water partition coefficient (Wildman–Crippen LogP) is 2.19. The molecule has 0 saturated heterocycles. The number of halogens is 3. The number of likely N-dealkylation sites (N-methyl/N-ethyl adjacent to an activating group) is 1. The topological polar surface area (TPSA) is 41.6 Å². The lowest BCUT2D eigenvalue weighted by Gasteiger charge is -2.29. The fourth-order valence-corrected chi connectivity index (χ4v) is 2.14. The van der Waals surface area contributed by atoms with Gasteiger partial charge in [0, 0.05) is 0 Å². The Morgan fingerprint density at radius 2 is 1.90 bits per heavy atom. The van der Waals surface area contributed by atoms with E-state index in [4.69, 9.17) is 4.74 Å². The lowest BCUT2D eigenvalue weighted by molar-refractivity contribution is -0.150. The van der Waals surface area contributed by atoms with Crippen molar-refractivity contribution in [2.24, 2.45) is 0 Å². The number of nitrogens with one attached hydrogen (secondary N) is 1. The molecule has 0 fully saturated rings. The molecular weight excluding hydrogens is 273 g/mol. The number of hydrogen-bond acceptors (Lipinski definition) is 4. The number of carbonyl (C=O) groups is 1. The molecule has 7 heteroatoms. The number of esters is 1. The van der Waals surface area contributed by atoms with E-state index in [0.29, 0.717) is 32.5 Å². The number of nitrogens with zero attached hydrogens (tertiary/aromatic N) is 1. The summed E-state index contributed by atoms with van der Waals surface area (Å²) < 4.78 is 41.7. The van der Waals surface area contributed by atoms with E-state index in [9.17, 15) is 18.0 Å². The van der Waals surface area contributed by atoms with E-state index in [1.165, 1.54) is 12.0 Å². The molecule has 0 aromatic rings. The van der Waals surface area contributed by atoms with Crippen molar-refractivity contribution in [3.05, 3.63) is 0 Å². The minimum Gasteiger partial charge on any atom is -0.468 e. The molecule has 0 rings (SSSR count). The highest BCUT2D eigenvalue weighted by molar-refractivity contribution is 5.80. The van der Waals surface area contributed by atoms with Crippen LogP contribution in [0.1, 0.15) is 33.6 Å². The van der Waals surface area contributed by atoms with Crippen LogP contribution < -0.4 is 5.32 Å². The number of alkyl halides is 3. The van der Waals surface area contributed by atoms with Gasteiger partial charge in [-0.05, 0) is 39.4 Å². The SMILES string of the molecule is CCNC(C)(CCCN(CC)CC(F)(F)F)C(=O)OC. The molecule has 0 radical (unpaired) electrons. The molecule has 0 aromatic carbocycles. The minimum atomic E-state index is -4.19. The summed E-state index contributed by atoms with van der Waals surface area (Å²) in [7, 11) is 1.31. The maximum atomic E-state index is 12.3. The van der Waals surface area contributed by atoms with Crippen LogP contribution >= 0.6 is 0 Å². The molecule has 120 valence electrons. The summed E-state index contributed by atoms with van der Waals surface area (Å²) >= 11 is 0. The van der Waals surface area contributed by atoms with E-state index in [0.717, 1.165) is 0 Å².